The number of carboxylic acids is 4. The van der Waals surface area contributed by atoms with Crippen molar-refractivity contribution in [3.63, 3.8) is 0 Å². The Labute approximate surface area is 792 Å². The molecule has 136 heavy (non-hydrogen) atoms. The van der Waals surface area contributed by atoms with Gasteiger partial charge in [-0.05, 0) is 215 Å². The zero-order chi connectivity index (χ0) is 95.1. The maximum Gasteiger partial charge on any atom is 0.340 e. The number of benzene rings is 10. The van der Waals surface area contributed by atoms with Gasteiger partial charge in [-0.25, -0.2) is 19.2 Å². The molecule has 696 valence electrons. The van der Waals surface area contributed by atoms with E-state index in [1.165, 1.54) is 28.4 Å². The van der Waals surface area contributed by atoms with Crippen LogP contribution in [0.3, 0.4) is 0 Å². The molecule has 0 saturated carbocycles. The molecule has 20 nitrogen and oxygen atoms in total. The molecule has 0 radical (unpaired) electrons. The maximum absolute atomic E-state index is 13.9. The lowest BCUT2D eigenvalue weighted by Gasteiger charge is -2.15. The second kappa shape index (κ2) is 45.5. The predicted molar refractivity (Wildman–Crippen MR) is 533 cm³/mol. The molecule has 0 saturated heterocycles. The standard InChI is InChI=1S/C116H112O20/c1-9-13-17-21-25-33-57-129-105-81-37-29-30-38-82-62-86(70-98(126-6)106(82)130-58-34-26-22-18-14-10-2)110-102(114(119)120)90-66-78(50-54-94(90)134-110)75-45-47-76(48-46-75)80-52-56-96-92(68-80)104(116(123)124)112(136-96)88-64-84(108(100(72-88)128-8)132-60-36-28-24-20-16-12-4)40-32-31-39-83-63-87(71-99(127-7)107(83)131-59-35-27-23-19-15-11-3)111-103(115(121)122)91-67-79(51-55-95(91)135-111)74-43-41-73(42-44-74)77-49-53-93-89(65-77)101(113(117)118)109(133-93)85(61-81)69-97(105)125-5/h41-56,61-72H,9-28,33-36,57-60H2,1-8H3,(H,117,118)(H,119,120)(H,121,122)(H,123,124). The molecule has 4 heterocycles. The van der Waals surface area contributed by atoms with E-state index in [0.29, 0.717) is 160 Å². The number of furan rings is 4. The minimum Gasteiger partial charge on any atom is -0.493 e. The number of ether oxygens (including phenoxy) is 8. The van der Waals surface area contributed by atoms with E-state index in [0.717, 1.165) is 176 Å². The summed E-state index contributed by atoms with van der Waals surface area (Å²) in [6, 6.07) is 50.3. The zero-order valence-electron chi connectivity index (χ0n) is 78.3. The van der Waals surface area contributed by atoms with Crippen LogP contribution in [-0.4, -0.2) is 99.2 Å². The zero-order valence-corrected chi connectivity index (χ0v) is 78.3. The van der Waals surface area contributed by atoms with E-state index in [1.54, 1.807) is 97.1 Å². The van der Waals surface area contributed by atoms with E-state index < -0.39 is 23.9 Å². The summed E-state index contributed by atoms with van der Waals surface area (Å²) in [6.45, 7) is 10.0. The highest BCUT2D eigenvalue weighted by molar-refractivity contribution is 6.13. The van der Waals surface area contributed by atoms with Gasteiger partial charge in [0.25, 0.3) is 0 Å². The number of carbonyl (C=O) groups is 4. The largest absolute Gasteiger partial charge is 0.493 e. The molecule has 0 atom stereocenters. The predicted octanol–water partition coefficient (Wildman–Crippen LogP) is 28.9. The van der Waals surface area contributed by atoms with Crippen LogP contribution < -0.4 is 37.9 Å². The number of hydrogen-bond donors (Lipinski definition) is 4. The molecule has 24 bridgehead atoms. The fourth-order valence-corrected chi connectivity index (χ4v) is 17.6. The van der Waals surface area contributed by atoms with Crippen molar-refractivity contribution in [2.45, 2.75) is 182 Å². The fourth-order valence-electron chi connectivity index (χ4n) is 17.6. The van der Waals surface area contributed by atoms with Gasteiger partial charge in [0.2, 0.25) is 0 Å². The summed E-state index contributed by atoms with van der Waals surface area (Å²) >= 11 is 0. The second-order valence-corrected chi connectivity index (χ2v) is 34.1. The van der Waals surface area contributed by atoms with Gasteiger partial charge in [-0.3, -0.25) is 0 Å². The maximum atomic E-state index is 13.9. The average molecular weight is 1830 g/mol. The van der Waals surface area contributed by atoms with Gasteiger partial charge in [-0.2, -0.15) is 0 Å². The average Bonchev–Trinajstić information content (AvgIpc) is 1.50. The van der Waals surface area contributed by atoms with Crippen LogP contribution in [-0.2, 0) is 0 Å². The smallest absolute Gasteiger partial charge is 0.340 e. The Kier molecular flexibility index (Phi) is 32.0. The van der Waals surface area contributed by atoms with Crippen molar-refractivity contribution in [3.8, 4) is 183 Å². The first-order valence-electron chi connectivity index (χ1n) is 47.3. The van der Waals surface area contributed by atoms with Crippen molar-refractivity contribution < 1.29 is 95.2 Å². The summed E-state index contributed by atoms with van der Waals surface area (Å²) in [5.41, 5.74) is 9.17. The molecule has 0 spiro atoms. The Balaban J connectivity index is 0.881. The summed E-state index contributed by atoms with van der Waals surface area (Å²) in [5.74, 6) is 22.7. The first-order chi connectivity index (χ1) is 66.4. The molecule has 4 N–H and O–H groups in total. The van der Waals surface area contributed by atoms with Gasteiger partial charge in [-0.1, -0.05) is 229 Å². The number of methoxy groups -OCH3 is 4. The molecule has 0 aliphatic heterocycles. The molecule has 0 amide bonds. The van der Waals surface area contributed by atoms with Crippen molar-refractivity contribution >= 4 is 67.8 Å². The van der Waals surface area contributed by atoms with Crippen LogP contribution >= 0.6 is 0 Å². The lowest BCUT2D eigenvalue weighted by Crippen LogP contribution is -2.03. The van der Waals surface area contributed by atoms with Crippen LogP contribution in [0.4, 0.5) is 0 Å². The van der Waals surface area contributed by atoms with Crippen molar-refractivity contribution in [1.82, 2.24) is 0 Å². The third-order valence-corrected chi connectivity index (χ3v) is 24.7. The third-order valence-electron chi connectivity index (χ3n) is 24.7. The molecule has 4 aliphatic rings. The van der Waals surface area contributed by atoms with Crippen molar-refractivity contribution in [2.24, 2.45) is 0 Å². The summed E-state index contributed by atoms with van der Waals surface area (Å²) in [7, 11) is 6.01. The summed E-state index contributed by atoms with van der Waals surface area (Å²) in [6.07, 6.45) is 24.2. The van der Waals surface area contributed by atoms with E-state index in [-0.39, 0.29) is 68.3 Å². The fraction of sp³-hybridized carbons (Fsp3) is 0.310. The third kappa shape index (κ3) is 21.9. The van der Waals surface area contributed by atoms with Crippen LogP contribution in [0.25, 0.3) is 134 Å². The van der Waals surface area contributed by atoms with Gasteiger partial charge in [0.1, 0.15) is 67.6 Å². The van der Waals surface area contributed by atoms with Crippen molar-refractivity contribution in [2.75, 3.05) is 54.9 Å². The highest BCUT2D eigenvalue weighted by atomic mass is 16.5. The quantitative estimate of drug-likeness (QED) is 0.0205. The molecule has 18 rings (SSSR count). The van der Waals surface area contributed by atoms with Gasteiger partial charge in [0, 0.05) is 43.8 Å². The first kappa shape index (κ1) is 95.5. The Morgan fingerprint density at radius 3 is 0.625 bits per heavy atom. The lowest BCUT2D eigenvalue weighted by atomic mass is 9.96. The molecular formula is C116H112O20. The topological polar surface area (TPSA) is 276 Å². The van der Waals surface area contributed by atoms with Crippen molar-refractivity contribution in [3.05, 3.63) is 214 Å². The molecule has 20 heteroatoms. The Morgan fingerprint density at radius 2 is 0.434 bits per heavy atom. The van der Waals surface area contributed by atoms with Crippen LogP contribution in [0.2, 0.25) is 0 Å². The van der Waals surface area contributed by atoms with Crippen LogP contribution in [0, 0.1) is 47.4 Å². The van der Waals surface area contributed by atoms with Gasteiger partial charge in [0.15, 0.2) is 46.0 Å². The number of rotatable bonds is 40. The summed E-state index contributed by atoms with van der Waals surface area (Å²) in [4.78, 5) is 55.4. The molecular weight excluding hydrogens is 1710 g/mol. The molecule has 10 aromatic carbocycles. The van der Waals surface area contributed by atoms with Crippen LogP contribution in [0.5, 0.6) is 46.0 Å². The number of unbranched alkanes of at least 4 members (excludes halogenated alkanes) is 20. The second-order valence-electron chi connectivity index (χ2n) is 34.1. The van der Waals surface area contributed by atoms with Gasteiger partial charge in [0.05, 0.1) is 77.1 Å². The normalized spacial score (nSPS) is 11.4. The van der Waals surface area contributed by atoms with E-state index in [4.69, 9.17) is 55.6 Å². The highest BCUT2D eigenvalue weighted by Gasteiger charge is 2.31. The SMILES string of the molecule is CCCCCCCCOc1c2cc(cc1OC)-c1oc3ccc(cc3c1C(=O)O)-c1ccc(cc1)-c1ccc3oc(c(C(=O)O)c3c1)-c1cc(c(OCCCCCCCC)c(OC)c1)C#CC#Cc1cc(cc(OC)c1OCCCCCCCC)-c1oc3ccc(cc3c1C(=O)O)-c1ccc(cc1)-c1ccc3oc(c(C(=O)O)c3c1)-c1cc(c(OCCCCCCCC)c(OC)c1)C#CC#C2. The lowest BCUT2D eigenvalue weighted by molar-refractivity contribution is 0.0688. The minimum atomic E-state index is -1.25. The number of hydrogen-bond acceptors (Lipinski definition) is 16. The Bertz CT molecular complexity index is 6180. The van der Waals surface area contributed by atoms with Gasteiger partial charge < -0.3 is 76.0 Å². The number of carboxylic acid groups (broad SMARTS) is 4. The van der Waals surface area contributed by atoms with E-state index in [2.05, 4.69) is 75.1 Å². The monoisotopic (exact) mass is 1820 g/mol. The minimum absolute atomic E-state index is 0.0424. The molecule has 14 aromatic rings. The van der Waals surface area contributed by atoms with Crippen LogP contribution in [0.15, 0.2) is 188 Å². The van der Waals surface area contributed by atoms with Crippen molar-refractivity contribution in [1.29, 1.82) is 0 Å². The van der Waals surface area contributed by atoms with E-state index in [1.807, 2.05) is 72.8 Å². The summed E-state index contributed by atoms with van der Waals surface area (Å²) in [5, 5.41) is 46.5. The molecule has 4 aromatic heterocycles. The summed E-state index contributed by atoms with van der Waals surface area (Å²) < 4.78 is 77.0. The first-order valence-corrected chi connectivity index (χ1v) is 47.3. The molecule has 0 unspecified atom stereocenters. The highest BCUT2D eigenvalue weighted by Crippen LogP contribution is 2.48. The number of aromatic carboxylic acids is 4. The van der Waals surface area contributed by atoms with E-state index >= 15 is 0 Å². The Hall–Kier alpha value is -15.1. The molecule has 4 aliphatic carbocycles. The van der Waals surface area contributed by atoms with Gasteiger partial charge in [-0.15, -0.1) is 0 Å². The van der Waals surface area contributed by atoms with Gasteiger partial charge >= 0.3 is 23.9 Å². The van der Waals surface area contributed by atoms with Crippen LogP contribution in [0.1, 0.15) is 245 Å². The Morgan fingerprint density at radius 1 is 0.243 bits per heavy atom. The van der Waals surface area contributed by atoms with E-state index in [9.17, 15) is 39.6 Å². The molecule has 0 fully saturated rings.